The van der Waals surface area contributed by atoms with Gasteiger partial charge in [-0.3, -0.25) is 0 Å². The van der Waals surface area contributed by atoms with Gasteiger partial charge in [0, 0.05) is 23.9 Å². The summed E-state index contributed by atoms with van der Waals surface area (Å²) in [5.41, 5.74) is 4.23. The zero-order chi connectivity index (χ0) is 23.1. The van der Waals surface area contributed by atoms with E-state index in [1.165, 1.54) is 14.2 Å². The van der Waals surface area contributed by atoms with Gasteiger partial charge in [-0.25, -0.2) is 9.59 Å². The molecule has 0 saturated heterocycles. The molecule has 2 aliphatic rings. The maximum Gasteiger partial charge on any atom is 0.341 e. The molecule has 0 bridgehead atoms. The zero-order valence-electron chi connectivity index (χ0n) is 18.4. The molecule has 5 rings (SSSR count). The summed E-state index contributed by atoms with van der Waals surface area (Å²) in [4.78, 5) is 27.4. The van der Waals surface area contributed by atoms with Crippen LogP contribution in [0.4, 0.5) is 11.4 Å². The first-order valence-corrected chi connectivity index (χ1v) is 10.8. The van der Waals surface area contributed by atoms with E-state index >= 15 is 0 Å². The van der Waals surface area contributed by atoms with Crippen LogP contribution in [0.5, 0.6) is 11.5 Å². The third kappa shape index (κ3) is 3.79. The first kappa shape index (κ1) is 21.0. The van der Waals surface area contributed by atoms with Gasteiger partial charge in [0.15, 0.2) is 0 Å². The van der Waals surface area contributed by atoms with Crippen LogP contribution in [0.1, 0.15) is 23.2 Å². The number of carboxylic acid groups (broad SMARTS) is 1. The number of nitrogens with one attached hydrogen (secondary N) is 3. The second-order valence-corrected chi connectivity index (χ2v) is 8.25. The third-order valence-corrected chi connectivity index (χ3v) is 6.10. The van der Waals surface area contributed by atoms with E-state index < -0.39 is 18.0 Å². The highest BCUT2D eigenvalue weighted by Crippen LogP contribution is 2.44. The molecule has 1 aliphatic heterocycles. The van der Waals surface area contributed by atoms with Crippen molar-refractivity contribution in [1.82, 2.24) is 4.98 Å². The number of methoxy groups -OCH3 is 2. The average molecular weight is 451 g/mol. The van der Waals surface area contributed by atoms with E-state index in [9.17, 15) is 14.7 Å². The Hall–Kier alpha value is -3.88. The summed E-state index contributed by atoms with van der Waals surface area (Å²) < 4.78 is 16.2. The van der Waals surface area contributed by atoms with Gasteiger partial charge in [-0.15, -0.1) is 0 Å². The summed E-state index contributed by atoms with van der Waals surface area (Å²) in [6.45, 7) is 1.06. The van der Waals surface area contributed by atoms with E-state index in [1.54, 1.807) is 12.1 Å². The summed E-state index contributed by atoms with van der Waals surface area (Å²) >= 11 is 0. The van der Waals surface area contributed by atoms with Crippen molar-refractivity contribution in [2.75, 3.05) is 38.0 Å². The van der Waals surface area contributed by atoms with Crippen molar-refractivity contribution in [3.63, 3.8) is 0 Å². The molecule has 1 fully saturated rings. The van der Waals surface area contributed by atoms with Crippen LogP contribution in [-0.2, 0) is 9.53 Å². The molecule has 4 N–H and O–H groups in total. The van der Waals surface area contributed by atoms with Crippen LogP contribution in [-0.4, -0.2) is 55.4 Å². The number of aromatic amines is 1. The van der Waals surface area contributed by atoms with Crippen LogP contribution < -0.4 is 20.1 Å². The quantitative estimate of drug-likeness (QED) is 0.401. The van der Waals surface area contributed by atoms with Gasteiger partial charge in [0.2, 0.25) is 0 Å². The molecule has 0 spiro atoms. The van der Waals surface area contributed by atoms with E-state index in [1.807, 2.05) is 18.2 Å². The Morgan fingerprint density at radius 1 is 1.21 bits per heavy atom. The molecule has 0 unspecified atom stereocenters. The average Bonchev–Trinajstić information content (AvgIpc) is 3.62. The van der Waals surface area contributed by atoms with Gasteiger partial charge >= 0.3 is 11.9 Å². The second kappa shape index (κ2) is 8.23. The zero-order valence-corrected chi connectivity index (χ0v) is 18.4. The van der Waals surface area contributed by atoms with Crippen molar-refractivity contribution in [2.24, 2.45) is 5.92 Å². The number of aromatic nitrogens is 1. The molecular weight excluding hydrogens is 426 g/mol. The number of anilines is 2. The largest absolute Gasteiger partial charge is 0.496 e. The topological polar surface area (TPSA) is 122 Å². The minimum absolute atomic E-state index is 0.144. The van der Waals surface area contributed by atoms with Crippen molar-refractivity contribution in [3.05, 3.63) is 35.9 Å². The number of esters is 1. The molecule has 172 valence electrons. The Morgan fingerprint density at radius 2 is 2.03 bits per heavy atom. The maximum absolute atomic E-state index is 12.3. The summed E-state index contributed by atoms with van der Waals surface area (Å²) in [6, 6.07) is 8.44. The smallest absolute Gasteiger partial charge is 0.341 e. The van der Waals surface area contributed by atoms with Crippen LogP contribution in [0.15, 0.2) is 30.3 Å². The third-order valence-electron chi connectivity index (χ3n) is 6.10. The number of hydrogen-bond acceptors (Lipinski definition) is 7. The number of carboxylic acids is 1. The molecule has 33 heavy (non-hydrogen) atoms. The van der Waals surface area contributed by atoms with Gasteiger partial charge in [0.1, 0.15) is 29.7 Å². The lowest BCUT2D eigenvalue weighted by Gasteiger charge is -2.16. The SMILES string of the molecule is COC(=O)c1cc(-c2[nH]c3cc(N[C@H](C(=O)O)C4CC4)cc4c3c2NCCO4)ccc1OC. The van der Waals surface area contributed by atoms with Crippen LogP contribution >= 0.6 is 0 Å². The number of rotatable bonds is 7. The fourth-order valence-corrected chi connectivity index (χ4v) is 4.34. The summed E-state index contributed by atoms with van der Waals surface area (Å²) in [7, 11) is 2.83. The van der Waals surface area contributed by atoms with Gasteiger partial charge in [-0.2, -0.15) is 0 Å². The molecular formula is C24H25N3O6. The maximum atomic E-state index is 12.3. The van der Waals surface area contributed by atoms with Crippen molar-refractivity contribution in [2.45, 2.75) is 18.9 Å². The lowest BCUT2D eigenvalue weighted by molar-refractivity contribution is -0.138. The molecule has 1 atom stereocenters. The Bertz CT molecular complexity index is 1250. The number of ether oxygens (including phenoxy) is 3. The predicted molar refractivity (Wildman–Crippen MR) is 123 cm³/mol. The van der Waals surface area contributed by atoms with Crippen molar-refractivity contribution in [1.29, 1.82) is 0 Å². The van der Waals surface area contributed by atoms with Gasteiger partial charge < -0.3 is 34.9 Å². The first-order chi connectivity index (χ1) is 16.0. The standard InChI is InChI=1S/C24H25N3O6/c1-31-17-6-5-13(9-15(17)24(30)32-2)20-22-19-16(27-20)10-14(11-18(19)33-8-7-25-22)26-21(23(28)29)12-3-4-12/h5-6,9-12,21,25-27H,3-4,7-8H2,1-2H3,(H,28,29)/t21-/m0/s1. The van der Waals surface area contributed by atoms with Crippen molar-refractivity contribution in [3.8, 4) is 22.8 Å². The molecule has 3 aromatic rings. The van der Waals surface area contributed by atoms with Crippen molar-refractivity contribution >= 4 is 34.2 Å². The number of hydrogen-bond donors (Lipinski definition) is 4. The van der Waals surface area contributed by atoms with Crippen LogP contribution in [0, 0.1) is 5.92 Å². The van der Waals surface area contributed by atoms with Crippen LogP contribution in [0.3, 0.4) is 0 Å². The minimum atomic E-state index is -0.854. The fourth-order valence-electron chi connectivity index (χ4n) is 4.34. The summed E-state index contributed by atoms with van der Waals surface area (Å²) in [5.74, 6) is -0.105. The van der Waals surface area contributed by atoms with E-state index in [4.69, 9.17) is 14.2 Å². The van der Waals surface area contributed by atoms with Gasteiger partial charge in [0.25, 0.3) is 0 Å². The fraction of sp³-hybridized carbons (Fsp3) is 0.333. The minimum Gasteiger partial charge on any atom is -0.496 e. The van der Waals surface area contributed by atoms with E-state index in [0.29, 0.717) is 35.9 Å². The molecule has 9 heteroatoms. The number of benzene rings is 2. The molecule has 1 aliphatic carbocycles. The molecule has 2 aromatic carbocycles. The van der Waals surface area contributed by atoms with Crippen LogP contribution in [0.2, 0.25) is 0 Å². The number of carbonyl (C=O) groups excluding carboxylic acids is 1. The Balaban J connectivity index is 1.61. The van der Waals surface area contributed by atoms with E-state index in [2.05, 4.69) is 15.6 Å². The van der Waals surface area contributed by atoms with Gasteiger partial charge in [-0.1, -0.05) is 0 Å². The van der Waals surface area contributed by atoms with E-state index in [0.717, 1.165) is 40.7 Å². The van der Waals surface area contributed by atoms with Crippen molar-refractivity contribution < 1.29 is 28.9 Å². The Morgan fingerprint density at radius 3 is 2.73 bits per heavy atom. The monoisotopic (exact) mass is 451 g/mol. The van der Waals surface area contributed by atoms with E-state index in [-0.39, 0.29) is 5.92 Å². The number of carbonyl (C=O) groups is 2. The first-order valence-electron chi connectivity index (χ1n) is 10.8. The highest BCUT2D eigenvalue weighted by molar-refractivity contribution is 6.07. The van der Waals surface area contributed by atoms with Gasteiger partial charge in [-0.05, 0) is 43.0 Å². The molecule has 0 radical (unpaired) electrons. The molecule has 1 aromatic heterocycles. The summed E-state index contributed by atoms with van der Waals surface area (Å²) in [6.07, 6.45) is 1.83. The Kier molecular flexibility index (Phi) is 5.24. The highest BCUT2D eigenvalue weighted by atomic mass is 16.5. The number of aliphatic carboxylic acids is 1. The lowest BCUT2D eigenvalue weighted by atomic mass is 10.0. The van der Waals surface area contributed by atoms with Gasteiger partial charge in [0.05, 0.1) is 36.5 Å². The normalized spacial score (nSPS) is 15.7. The molecule has 0 amide bonds. The second-order valence-electron chi connectivity index (χ2n) is 8.25. The Labute approximate surface area is 190 Å². The molecule has 9 nitrogen and oxygen atoms in total. The lowest BCUT2D eigenvalue weighted by Crippen LogP contribution is -2.31. The molecule has 2 heterocycles. The summed E-state index contributed by atoms with van der Waals surface area (Å²) in [5, 5.41) is 17.1. The van der Waals surface area contributed by atoms with Crippen LogP contribution in [0.25, 0.3) is 22.2 Å². The highest BCUT2D eigenvalue weighted by Gasteiger charge is 2.36. The predicted octanol–water partition coefficient (Wildman–Crippen LogP) is 3.71. The number of H-pyrrole nitrogens is 1. The molecule has 1 saturated carbocycles.